The fourth-order valence-corrected chi connectivity index (χ4v) is 2.12. The molecule has 0 atom stereocenters. The molecule has 0 spiro atoms. The van der Waals surface area contributed by atoms with Crippen LogP contribution in [0.2, 0.25) is 0 Å². The van der Waals surface area contributed by atoms with Gasteiger partial charge in [-0.2, -0.15) is 0 Å². The zero-order chi connectivity index (χ0) is 13.0. The fourth-order valence-electron chi connectivity index (χ4n) is 1.77. The summed E-state index contributed by atoms with van der Waals surface area (Å²) in [5, 5.41) is 0. The molecule has 0 saturated heterocycles. The van der Waals surface area contributed by atoms with Crippen molar-refractivity contribution in [1.82, 2.24) is 0 Å². The molecule has 0 aliphatic heterocycles. The predicted molar refractivity (Wildman–Crippen MR) is 65.4 cm³/mol. The van der Waals surface area contributed by atoms with Gasteiger partial charge in [0.15, 0.2) is 0 Å². The van der Waals surface area contributed by atoms with E-state index in [1.54, 1.807) is 0 Å². The minimum atomic E-state index is -4.74. The van der Waals surface area contributed by atoms with Crippen LogP contribution >= 0.6 is 7.82 Å². The molecule has 0 aromatic carbocycles. The van der Waals surface area contributed by atoms with E-state index in [4.69, 9.17) is 0 Å². The van der Waals surface area contributed by atoms with Crippen molar-refractivity contribution >= 4 is 7.82 Å². The molecule has 0 aromatic heterocycles. The monoisotopic (exact) mass is 326 g/mol. The van der Waals surface area contributed by atoms with Crippen molar-refractivity contribution in [2.24, 2.45) is 0 Å². The first-order chi connectivity index (χ1) is 8.06. The number of hydrogen-bond donors (Lipinski definition) is 0. The second-order valence-electron chi connectivity index (χ2n) is 4.46. The summed E-state index contributed by atoms with van der Waals surface area (Å²) in [6.07, 6.45) is 11.7. The van der Waals surface area contributed by atoms with E-state index in [2.05, 4.69) is 11.4 Å². The summed E-state index contributed by atoms with van der Waals surface area (Å²) in [6.45, 7) is 2.26. The summed E-state index contributed by atoms with van der Waals surface area (Å²) >= 11 is 0. The van der Waals surface area contributed by atoms with Gasteiger partial charge in [-0.3, -0.25) is 0 Å². The number of hydrogen-bond acceptors (Lipinski definition) is 4. The summed E-state index contributed by atoms with van der Waals surface area (Å²) in [6, 6.07) is 0. The van der Waals surface area contributed by atoms with Crippen LogP contribution in [0.15, 0.2) is 0 Å². The third-order valence-corrected chi connectivity index (χ3v) is 3.25. The van der Waals surface area contributed by atoms with Gasteiger partial charge in [-0.25, -0.2) is 0 Å². The van der Waals surface area contributed by atoms with Crippen LogP contribution in [0.5, 0.6) is 0 Å². The van der Waals surface area contributed by atoms with Gasteiger partial charge in [0.2, 0.25) is 0 Å². The minimum absolute atomic E-state index is 0. The molecule has 0 aliphatic carbocycles. The Labute approximate surface area is 182 Å². The molecule has 104 valence electrons. The fraction of sp³-hybridized carbons (Fsp3) is 1.00. The molecule has 0 heterocycles. The van der Waals surface area contributed by atoms with Crippen LogP contribution < -0.4 is 90.7 Å². The quantitative estimate of drug-likeness (QED) is 0.215. The summed E-state index contributed by atoms with van der Waals surface area (Å²) in [4.78, 5) is 20.3. The van der Waals surface area contributed by atoms with Crippen molar-refractivity contribution in [2.45, 2.75) is 71.1 Å². The summed E-state index contributed by atoms with van der Waals surface area (Å²) in [5.74, 6) is 0. The van der Waals surface area contributed by atoms with Gasteiger partial charge in [-0.15, -0.1) is 0 Å². The number of phosphoric ester groups is 1. The largest absolute Gasteiger partial charge is 1.00 e. The second kappa shape index (κ2) is 18.8. The Morgan fingerprint density at radius 2 is 1.21 bits per heavy atom. The smallest absolute Gasteiger partial charge is 0.790 e. The van der Waals surface area contributed by atoms with Crippen LogP contribution in [-0.4, -0.2) is 6.61 Å². The Hall–Kier alpha value is 2.75. The van der Waals surface area contributed by atoms with Gasteiger partial charge in [0.25, 0.3) is 0 Å². The molecule has 0 fully saturated rings. The van der Waals surface area contributed by atoms with E-state index >= 15 is 0 Å². The maximum Gasteiger partial charge on any atom is 1.00 e. The van der Waals surface area contributed by atoms with E-state index in [0.717, 1.165) is 12.8 Å². The topological polar surface area (TPSA) is 72.4 Å². The van der Waals surface area contributed by atoms with Gasteiger partial charge < -0.3 is 18.9 Å². The van der Waals surface area contributed by atoms with Crippen molar-refractivity contribution in [2.75, 3.05) is 6.61 Å². The molecule has 0 N–H and O–H groups in total. The van der Waals surface area contributed by atoms with Crippen molar-refractivity contribution in [3.05, 3.63) is 0 Å². The summed E-state index contributed by atoms with van der Waals surface area (Å²) < 4.78 is 14.3. The van der Waals surface area contributed by atoms with Gasteiger partial charge in [0, 0.05) is 0 Å². The van der Waals surface area contributed by atoms with E-state index in [-0.39, 0.29) is 87.5 Å². The SMILES string of the molecule is CCCCCCCCCCCCOP(=O)([O-])[O-].[K+].[Na+]. The van der Waals surface area contributed by atoms with Crippen molar-refractivity contribution < 1.29 is 99.8 Å². The molecular weight excluding hydrogens is 301 g/mol. The van der Waals surface area contributed by atoms with Crippen LogP contribution in [0, 0.1) is 0 Å². The van der Waals surface area contributed by atoms with E-state index in [9.17, 15) is 14.4 Å². The van der Waals surface area contributed by atoms with Crippen molar-refractivity contribution in [3.8, 4) is 0 Å². The third-order valence-electron chi connectivity index (χ3n) is 2.75. The van der Waals surface area contributed by atoms with Crippen LogP contribution in [-0.2, 0) is 9.09 Å². The van der Waals surface area contributed by atoms with E-state index in [0.29, 0.717) is 6.42 Å². The van der Waals surface area contributed by atoms with Crippen LogP contribution in [0.1, 0.15) is 71.1 Å². The van der Waals surface area contributed by atoms with Gasteiger partial charge in [-0.05, 0) is 6.42 Å². The molecule has 0 radical (unpaired) electrons. The Morgan fingerprint density at radius 1 is 0.842 bits per heavy atom. The van der Waals surface area contributed by atoms with Gasteiger partial charge >= 0.3 is 80.9 Å². The van der Waals surface area contributed by atoms with Gasteiger partial charge in [0.05, 0.1) is 14.4 Å². The van der Waals surface area contributed by atoms with Crippen LogP contribution in [0.3, 0.4) is 0 Å². The zero-order valence-electron chi connectivity index (χ0n) is 12.9. The van der Waals surface area contributed by atoms with E-state index in [1.807, 2.05) is 0 Å². The first-order valence-corrected chi connectivity index (χ1v) is 8.19. The molecule has 7 heteroatoms. The van der Waals surface area contributed by atoms with Crippen molar-refractivity contribution in [3.63, 3.8) is 0 Å². The molecule has 0 unspecified atom stereocenters. The number of phosphoric acid groups is 1. The second-order valence-corrected chi connectivity index (χ2v) is 5.62. The Morgan fingerprint density at radius 3 is 1.58 bits per heavy atom. The molecule has 4 nitrogen and oxygen atoms in total. The van der Waals surface area contributed by atoms with Gasteiger partial charge in [-0.1, -0.05) is 64.7 Å². The first-order valence-electron chi connectivity index (χ1n) is 6.73. The predicted octanol–water partition coefficient (Wildman–Crippen LogP) is -3.24. The van der Waals surface area contributed by atoms with E-state index in [1.165, 1.54) is 44.9 Å². The molecule has 0 saturated carbocycles. The third kappa shape index (κ3) is 26.0. The van der Waals surface area contributed by atoms with Crippen LogP contribution in [0.25, 0.3) is 0 Å². The molecule has 0 amide bonds. The maximum absolute atomic E-state index is 10.1. The average molecular weight is 326 g/mol. The molecule has 0 bridgehead atoms. The van der Waals surface area contributed by atoms with Crippen LogP contribution in [0.4, 0.5) is 0 Å². The Bertz CT molecular complexity index is 214. The molecule has 0 aliphatic rings. The molecule has 0 aromatic rings. The molecular formula is C12H25KNaO4P. The number of unbranched alkanes of at least 4 members (excludes halogenated alkanes) is 9. The normalized spacial score (nSPS) is 10.7. The average Bonchev–Trinajstić information content (AvgIpc) is 2.24. The Kier molecular flexibility index (Phi) is 26.3. The van der Waals surface area contributed by atoms with Crippen molar-refractivity contribution in [1.29, 1.82) is 0 Å². The zero-order valence-corrected chi connectivity index (χ0v) is 18.9. The minimum Gasteiger partial charge on any atom is -0.790 e. The maximum atomic E-state index is 10.1. The van der Waals surface area contributed by atoms with E-state index < -0.39 is 7.82 Å². The Balaban J connectivity index is -0.00000128. The molecule has 0 rings (SSSR count). The van der Waals surface area contributed by atoms with Gasteiger partial charge in [0.1, 0.15) is 0 Å². The summed E-state index contributed by atoms with van der Waals surface area (Å²) in [5.41, 5.74) is 0. The number of rotatable bonds is 12. The molecule has 19 heavy (non-hydrogen) atoms. The standard InChI is InChI=1S/C12H27O4P.K.Na/c1-2-3-4-5-6-7-8-9-10-11-12-16-17(13,14)15;;/h2-12H2,1H3,(H2,13,14,15);;/q;2*+1/p-2. The summed E-state index contributed by atoms with van der Waals surface area (Å²) in [7, 11) is -4.74. The first kappa shape index (κ1) is 26.6.